The molecule has 0 atom stereocenters. The lowest BCUT2D eigenvalue weighted by molar-refractivity contribution is 0.0636. The molecule has 5 heteroatoms. The van der Waals surface area contributed by atoms with Gasteiger partial charge in [-0.15, -0.1) is 0 Å². The van der Waals surface area contributed by atoms with Crippen molar-refractivity contribution >= 4 is 11.8 Å². The Balaban J connectivity index is 1.98. The second-order valence-corrected chi connectivity index (χ2v) is 5.75. The zero-order valence-corrected chi connectivity index (χ0v) is 13.0. The minimum absolute atomic E-state index is 0.508. The van der Waals surface area contributed by atoms with Crippen LogP contribution in [0.1, 0.15) is 26.3 Å². The molecule has 0 saturated carbocycles. The maximum Gasteiger partial charge on any atom is 0.412 e. The number of nitrogens with one attached hydrogen (secondary N) is 1. The van der Waals surface area contributed by atoms with Gasteiger partial charge in [-0.05, 0) is 39.0 Å². The van der Waals surface area contributed by atoms with Gasteiger partial charge in [-0.3, -0.25) is 10.3 Å². The van der Waals surface area contributed by atoms with Crippen molar-refractivity contribution in [2.45, 2.75) is 32.9 Å². The lowest BCUT2D eigenvalue weighted by Crippen LogP contribution is -2.27. The van der Waals surface area contributed by atoms with Gasteiger partial charge in [-0.25, -0.2) is 4.79 Å². The molecule has 0 fully saturated rings. The Morgan fingerprint density at radius 2 is 2.05 bits per heavy atom. The third-order valence-electron chi connectivity index (χ3n) is 2.54. The van der Waals surface area contributed by atoms with Gasteiger partial charge in [0.2, 0.25) is 0 Å². The first-order valence-corrected chi connectivity index (χ1v) is 6.97. The molecule has 2 aromatic heterocycles. The maximum absolute atomic E-state index is 11.7. The van der Waals surface area contributed by atoms with Crippen molar-refractivity contribution in [3.8, 4) is 11.8 Å². The molecule has 0 bridgehead atoms. The number of anilines is 1. The molecule has 0 aliphatic rings. The van der Waals surface area contributed by atoms with Gasteiger partial charge in [0.25, 0.3) is 0 Å². The van der Waals surface area contributed by atoms with E-state index in [1.807, 2.05) is 49.9 Å². The number of carbonyl (C=O) groups is 1. The van der Waals surface area contributed by atoms with Gasteiger partial charge in [0.15, 0.2) is 0 Å². The van der Waals surface area contributed by atoms with Gasteiger partial charge in [0, 0.05) is 24.2 Å². The maximum atomic E-state index is 11.7. The molecule has 0 radical (unpaired) electrons. The predicted octanol–water partition coefficient (Wildman–Crippen LogP) is 3.28. The zero-order valence-electron chi connectivity index (χ0n) is 13.0. The summed E-state index contributed by atoms with van der Waals surface area (Å²) in [5.74, 6) is 6.07. The highest BCUT2D eigenvalue weighted by Gasteiger charge is 2.16. The predicted molar refractivity (Wildman–Crippen MR) is 85.4 cm³/mol. The quantitative estimate of drug-likeness (QED) is 0.865. The fraction of sp³-hybridized carbons (Fsp3) is 0.294. The number of ether oxygens (including phenoxy) is 1. The molecule has 0 unspecified atom stereocenters. The summed E-state index contributed by atoms with van der Waals surface area (Å²) in [4.78, 5) is 15.8. The summed E-state index contributed by atoms with van der Waals surface area (Å²) >= 11 is 0. The Bertz CT molecular complexity index is 689. The van der Waals surface area contributed by atoms with E-state index in [1.54, 1.807) is 18.5 Å². The Kier molecular flexibility index (Phi) is 4.84. The van der Waals surface area contributed by atoms with E-state index in [2.05, 4.69) is 22.1 Å². The molecule has 1 amide bonds. The Hall–Kier alpha value is -2.74. The van der Waals surface area contributed by atoms with Gasteiger partial charge in [-0.1, -0.05) is 11.8 Å². The lowest BCUT2D eigenvalue weighted by atomic mass is 10.2. The van der Waals surface area contributed by atoms with Crippen molar-refractivity contribution in [3.63, 3.8) is 0 Å². The highest BCUT2D eigenvalue weighted by molar-refractivity contribution is 5.84. The molecular weight excluding hydrogens is 278 g/mol. The highest BCUT2D eigenvalue weighted by Crippen LogP contribution is 2.11. The van der Waals surface area contributed by atoms with Crippen LogP contribution in [0.15, 0.2) is 43.0 Å². The van der Waals surface area contributed by atoms with Crippen LogP contribution in [0.3, 0.4) is 0 Å². The van der Waals surface area contributed by atoms with Crippen molar-refractivity contribution in [2.75, 3.05) is 5.32 Å². The molecular formula is C17H19N3O2. The molecule has 0 aromatic carbocycles. The van der Waals surface area contributed by atoms with E-state index in [9.17, 15) is 4.79 Å². The van der Waals surface area contributed by atoms with Crippen LogP contribution in [0.2, 0.25) is 0 Å². The molecule has 2 aromatic rings. The number of nitrogens with zero attached hydrogens (tertiary/aromatic N) is 2. The lowest BCUT2D eigenvalue weighted by Gasteiger charge is -2.19. The van der Waals surface area contributed by atoms with Crippen LogP contribution < -0.4 is 5.32 Å². The number of hydrogen-bond donors (Lipinski definition) is 1. The van der Waals surface area contributed by atoms with Crippen molar-refractivity contribution in [1.29, 1.82) is 0 Å². The molecule has 0 aliphatic heterocycles. The summed E-state index contributed by atoms with van der Waals surface area (Å²) < 4.78 is 7.17. The number of pyridine rings is 1. The van der Waals surface area contributed by atoms with E-state index >= 15 is 0 Å². The first-order chi connectivity index (χ1) is 10.4. The Labute approximate surface area is 130 Å². The standard InChI is InChI=1S/C17H19N3O2/c1-17(2,3)22-16(21)19-15-11-14(12-18-13-15)7-6-10-20-8-4-5-9-20/h4-5,8-9,11-13H,10H2,1-3H3,(H,19,21). The molecule has 0 aliphatic carbocycles. The average Bonchev–Trinajstić information content (AvgIpc) is 2.90. The topological polar surface area (TPSA) is 56.1 Å². The number of carbonyl (C=O) groups excluding carboxylic acids is 1. The SMILES string of the molecule is CC(C)(C)OC(=O)Nc1cncc(C#CCn2cccc2)c1. The van der Waals surface area contributed by atoms with Crippen LogP contribution in [0, 0.1) is 11.8 Å². The Morgan fingerprint density at radius 1 is 1.32 bits per heavy atom. The summed E-state index contributed by atoms with van der Waals surface area (Å²) in [5.41, 5.74) is 0.758. The van der Waals surface area contributed by atoms with E-state index in [4.69, 9.17) is 4.74 Å². The van der Waals surface area contributed by atoms with Crippen LogP contribution in [-0.4, -0.2) is 21.2 Å². The third-order valence-corrected chi connectivity index (χ3v) is 2.54. The second-order valence-electron chi connectivity index (χ2n) is 5.75. The van der Waals surface area contributed by atoms with Crippen molar-refractivity contribution in [1.82, 2.24) is 9.55 Å². The molecule has 5 nitrogen and oxygen atoms in total. The van der Waals surface area contributed by atoms with E-state index < -0.39 is 11.7 Å². The second kappa shape index (κ2) is 6.81. The fourth-order valence-electron chi connectivity index (χ4n) is 1.71. The monoisotopic (exact) mass is 297 g/mol. The molecule has 2 heterocycles. The highest BCUT2D eigenvalue weighted by atomic mass is 16.6. The van der Waals surface area contributed by atoms with E-state index in [0.29, 0.717) is 12.2 Å². The first-order valence-electron chi connectivity index (χ1n) is 6.97. The largest absolute Gasteiger partial charge is 0.444 e. The summed E-state index contributed by atoms with van der Waals surface area (Å²) in [6, 6.07) is 5.67. The number of amides is 1. The van der Waals surface area contributed by atoms with Gasteiger partial charge in [0.05, 0.1) is 18.4 Å². The van der Waals surface area contributed by atoms with Crippen LogP contribution in [0.5, 0.6) is 0 Å². The van der Waals surface area contributed by atoms with Gasteiger partial charge in [-0.2, -0.15) is 0 Å². The molecule has 0 spiro atoms. The van der Waals surface area contributed by atoms with E-state index in [1.165, 1.54) is 0 Å². The van der Waals surface area contributed by atoms with Crippen molar-refractivity contribution in [2.24, 2.45) is 0 Å². The Morgan fingerprint density at radius 3 is 2.73 bits per heavy atom. The molecule has 114 valence electrons. The first kappa shape index (κ1) is 15.6. The molecule has 1 N–H and O–H groups in total. The number of rotatable bonds is 2. The van der Waals surface area contributed by atoms with Crippen LogP contribution in [-0.2, 0) is 11.3 Å². The van der Waals surface area contributed by atoms with Crippen LogP contribution in [0.4, 0.5) is 10.5 Å². The number of aromatic nitrogens is 2. The minimum atomic E-state index is -0.536. The molecule has 0 saturated heterocycles. The fourth-order valence-corrected chi connectivity index (χ4v) is 1.71. The van der Waals surface area contributed by atoms with Crippen LogP contribution in [0.25, 0.3) is 0 Å². The summed E-state index contributed by atoms with van der Waals surface area (Å²) in [5, 5.41) is 2.65. The van der Waals surface area contributed by atoms with Crippen LogP contribution >= 0.6 is 0 Å². The smallest absolute Gasteiger partial charge is 0.412 e. The van der Waals surface area contributed by atoms with Crippen molar-refractivity contribution < 1.29 is 9.53 Å². The van der Waals surface area contributed by atoms with Gasteiger partial charge >= 0.3 is 6.09 Å². The summed E-state index contributed by atoms with van der Waals surface area (Å²) in [7, 11) is 0. The van der Waals surface area contributed by atoms with Gasteiger partial charge in [0.1, 0.15) is 5.60 Å². The normalized spacial score (nSPS) is 10.5. The molecule has 22 heavy (non-hydrogen) atoms. The number of hydrogen-bond acceptors (Lipinski definition) is 3. The average molecular weight is 297 g/mol. The molecule has 2 rings (SSSR count). The van der Waals surface area contributed by atoms with Gasteiger partial charge < -0.3 is 9.30 Å². The summed E-state index contributed by atoms with van der Waals surface area (Å²) in [6.45, 7) is 6.05. The third kappa shape index (κ3) is 5.33. The minimum Gasteiger partial charge on any atom is -0.444 e. The summed E-state index contributed by atoms with van der Waals surface area (Å²) in [6.07, 6.45) is 6.61. The van der Waals surface area contributed by atoms with Crippen molar-refractivity contribution in [3.05, 3.63) is 48.5 Å². The van der Waals surface area contributed by atoms with E-state index in [-0.39, 0.29) is 0 Å². The zero-order chi connectivity index (χ0) is 16.0. The van der Waals surface area contributed by atoms with E-state index in [0.717, 1.165) is 5.56 Å².